The number of benzene rings is 1. The topological polar surface area (TPSA) is 59.2 Å². The Morgan fingerprint density at radius 3 is 2.26 bits per heavy atom. The van der Waals surface area contributed by atoms with E-state index in [1.54, 1.807) is 17.2 Å². The monoisotopic (exact) mass is 390 g/mol. The molecule has 2 N–H and O–H groups in total. The van der Waals surface area contributed by atoms with E-state index >= 15 is 0 Å². The van der Waals surface area contributed by atoms with Crippen molar-refractivity contribution in [2.24, 2.45) is 0 Å². The third-order valence-electron chi connectivity index (χ3n) is 5.22. The standard InChI is InChI=1S/C20H28N4O2S/c1-3-24(4-2)27(25,26)19-10-11-20(21-16-19)23-14-12-22(13-15-23)17-18-8-6-5-7-9-18/h5-11,16H,3-4,12-15,17H2,1-2H3/p+2. The van der Waals surface area contributed by atoms with Crippen LogP contribution >= 0.6 is 0 Å². The number of aromatic nitrogens is 1. The lowest BCUT2D eigenvalue weighted by Gasteiger charge is -2.28. The number of nitrogens with one attached hydrogen (secondary N) is 2. The van der Waals surface area contributed by atoms with Crippen molar-refractivity contribution in [2.75, 3.05) is 44.2 Å². The first-order valence-corrected chi connectivity index (χ1v) is 11.1. The van der Waals surface area contributed by atoms with E-state index in [1.807, 2.05) is 19.9 Å². The fourth-order valence-electron chi connectivity index (χ4n) is 3.60. The van der Waals surface area contributed by atoms with E-state index in [0.717, 1.165) is 38.5 Å². The van der Waals surface area contributed by atoms with Gasteiger partial charge in [-0.05, 0) is 6.07 Å². The lowest BCUT2D eigenvalue weighted by Crippen LogP contribution is -3.13. The molecule has 1 aromatic heterocycles. The van der Waals surface area contributed by atoms with E-state index in [1.165, 1.54) is 9.87 Å². The third-order valence-corrected chi connectivity index (χ3v) is 7.27. The summed E-state index contributed by atoms with van der Waals surface area (Å²) in [7, 11) is -3.41. The van der Waals surface area contributed by atoms with Gasteiger partial charge in [-0.1, -0.05) is 44.2 Å². The van der Waals surface area contributed by atoms with E-state index < -0.39 is 10.0 Å². The number of piperazine rings is 1. The predicted octanol–water partition coefficient (Wildman–Crippen LogP) is 0.436. The summed E-state index contributed by atoms with van der Waals surface area (Å²) in [6.45, 7) is 9.79. The first kappa shape index (κ1) is 19.8. The van der Waals surface area contributed by atoms with Crippen LogP contribution in [0.1, 0.15) is 19.4 Å². The van der Waals surface area contributed by atoms with Crippen molar-refractivity contribution in [3.8, 4) is 0 Å². The normalized spacial score (nSPS) is 16.0. The van der Waals surface area contributed by atoms with Gasteiger partial charge in [0, 0.05) is 24.7 Å². The van der Waals surface area contributed by atoms with Crippen molar-refractivity contribution in [1.82, 2.24) is 4.31 Å². The van der Waals surface area contributed by atoms with Gasteiger partial charge in [-0.25, -0.2) is 13.4 Å². The average Bonchev–Trinajstić information content (AvgIpc) is 2.70. The van der Waals surface area contributed by atoms with Crippen molar-refractivity contribution in [3.63, 3.8) is 0 Å². The predicted molar refractivity (Wildman–Crippen MR) is 106 cm³/mol. The van der Waals surface area contributed by atoms with Crippen LogP contribution in [0, 0.1) is 0 Å². The Balaban J connectivity index is 1.60. The highest BCUT2D eigenvalue weighted by Crippen LogP contribution is 2.15. The molecule has 2 aromatic rings. The molecule has 0 bridgehead atoms. The van der Waals surface area contributed by atoms with Gasteiger partial charge in [0.15, 0.2) is 0 Å². The molecule has 27 heavy (non-hydrogen) atoms. The molecule has 3 rings (SSSR count). The Morgan fingerprint density at radius 2 is 1.70 bits per heavy atom. The van der Waals surface area contributed by atoms with Gasteiger partial charge < -0.3 is 4.90 Å². The number of rotatable bonds is 7. The molecular formula is C20H30N4O2S+2. The Hall–Kier alpha value is -1.96. The van der Waals surface area contributed by atoms with Crippen LogP contribution in [0.15, 0.2) is 53.6 Å². The maximum atomic E-state index is 12.6. The summed E-state index contributed by atoms with van der Waals surface area (Å²) in [5.74, 6) is 0.979. The average molecular weight is 391 g/mol. The maximum absolute atomic E-state index is 12.6. The molecule has 1 aromatic carbocycles. The molecular weight excluding hydrogens is 360 g/mol. The largest absolute Gasteiger partial charge is 0.325 e. The zero-order valence-electron chi connectivity index (χ0n) is 16.2. The van der Waals surface area contributed by atoms with Gasteiger partial charge in [0.05, 0.1) is 0 Å². The minimum absolute atomic E-state index is 0.322. The molecule has 0 radical (unpaired) electrons. The minimum Gasteiger partial charge on any atom is -0.325 e. The summed E-state index contributed by atoms with van der Waals surface area (Å²) in [5.41, 5.74) is 1.37. The molecule has 0 unspecified atom stereocenters. The first-order valence-electron chi connectivity index (χ1n) is 9.69. The van der Waals surface area contributed by atoms with Crippen LogP contribution in [0.5, 0.6) is 0 Å². The van der Waals surface area contributed by atoms with Crippen LogP contribution in [-0.4, -0.2) is 52.0 Å². The molecule has 0 spiro atoms. The Bertz CT molecular complexity index is 813. The van der Waals surface area contributed by atoms with Crippen LogP contribution in [0.25, 0.3) is 0 Å². The Kier molecular flexibility index (Phi) is 6.46. The van der Waals surface area contributed by atoms with E-state index in [4.69, 9.17) is 0 Å². The Morgan fingerprint density at radius 1 is 1.04 bits per heavy atom. The second-order valence-corrected chi connectivity index (χ2v) is 8.84. The van der Waals surface area contributed by atoms with Crippen LogP contribution in [0.3, 0.4) is 0 Å². The highest BCUT2D eigenvalue weighted by Gasteiger charge is 2.28. The van der Waals surface area contributed by atoms with Crippen LogP contribution in [0.2, 0.25) is 0 Å². The van der Waals surface area contributed by atoms with Crippen molar-refractivity contribution in [3.05, 3.63) is 54.2 Å². The summed E-state index contributed by atoms with van der Waals surface area (Å²) >= 11 is 0. The number of nitrogens with zero attached hydrogens (tertiary/aromatic N) is 2. The van der Waals surface area contributed by atoms with E-state index in [2.05, 4.69) is 40.2 Å². The van der Waals surface area contributed by atoms with E-state index in [9.17, 15) is 8.42 Å². The molecule has 1 aliphatic rings. The highest BCUT2D eigenvalue weighted by molar-refractivity contribution is 7.89. The Labute approximate surface area is 162 Å². The van der Waals surface area contributed by atoms with E-state index in [0.29, 0.717) is 18.0 Å². The van der Waals surface area contributed by atoms with Gasteiger partial charge in [0.1, 0.15) is 43.8 Å². The zero-order chi connectivity index (χ0) is 19.3. The summed E-state index contributed by atoms with van der Waals surface area (Å²) < 4.78 is 26.6. The molecule has 0 aliphatic carbocycles. The third kappa shape index (κ3) is 4.66. The fraction of sp³-hybridized carbons (Fsp3) is 0.450. The molecule has 146 valence electrons. The SMILES string of the molecule is CCN(CC)S(=O)(=O)c1ccc(N2CC[NH+](Cc3ccccc3)CC2)[nH+]c1. The van der Waals surface area contributed by atoms with Crippen LogP contribution < -0.4 is 14.8 Å². The van der Waals surface area contributed by atoms with Crippen molar-refractivity contribution in [2.45, 2.75) is 25.3 Å². The second kappa shape index (κ2) is 8.82. The number of sulfonamides is 1. The summed E-state index contributed by atoms with van der Waals surface area (Å²) in [6.07, 6.45) is 1.62. The van der Waals surface area contributed by atoms with Crippen LogP contribution in [-0.2, 0) is 16.6 Å². The van der Waals surface area contributed by atoms with Crippen molar-refractivity contribution >= 4 is 15.8 Å². The number of aromatic amines is 1. The summed E-state index contributed by atoms with van der Waals surface area (Å²) in [4.78, 5) is 7.39. The smallest absolute Gasteiger partial charge is 0.274 e. The zero-order valence-corrected chi connectivity index (χ0v) is 17.0. The lowest BCUT2D eigenvalue weighted by molar-refractivity contribution is -0.914. The quantitative estimate of drug-likeness (QED) is 0.746. The fourth-order valence-corrected chi connectivity index (χ4v) is 5.02. The second-order valence-electron chi connectivity index (χ2n) is 6.90. The number of quaternary nitrogens is 1. The number of anilines is 1. The van der Waals surface area contributed by atoms with Crippen molar-refractivity contribution in [1.29, 1.82) is 0 Å². The molecule has 1 saturated heterocycles. The maximum Gasteiger partial charge on any atom is 0.274 e. The van der Waals surface area contributed by atoms with Crippen molar-refractivity contribution < 1.29 is 18.3 Å². The minimum atomic E-state index is -3.41. The molecule has 1 fully saturated rings. The summed E-state index contributed by atoms with van der Waals surface area (Å²) in [6, 6.07) is 14.2. The highest BCUT2D eigenvalue weighted by atomic mass is 32.2. The molecule has 7 heteroatoms. The van der Waals surface area contributed by atoms with Gasteiger partial charge in [-0.2, -0.15) is 4.31 Å². The number of hydrogen-bond acceptors (Lipinski definition) is 3. The van der Waals surface area contributed by atoms with Gasteiger partial charge in [-0.3, -0.25) is 4.90 Å². The molecule has 0 amide bonds. The number of H-pyrrole nitrogens is 1. The molecule has 6 nitrogen and oxygen atoms in total. The molecule has 1 aliphatic heterocycles. The first-order chi connectivity index (χ1) is 13.0. The van der Waals surface area contributed by atoms with Gasteiger partial charge >= 0.3 is 0 Å². The van der Waals surface area contributed by atoms with Gasteiger partial charge in [0.25, 0.3) is 5.82 Å². The number of hydrogen-bond donors (Lipinski definition) is 1. The van der Waals surface area contributed by atoms with E-state index in [-0.39, 0.29) is 0 Å². The lowest BCUT2D eigenvalue weighted by atomic mass is 10.2. The number of pyridine rings is 1. The molecule has 0 saturated carbocycles. The van der Waals surface area contributed by atoms with Gasteiger partial charge in [0.2, 0.25) is 10.0 Å². The molecule has 2 heterocycles. The molecule has 0 atom stereocenters. The van der Waals surface area contributed by atoms with Crippen LogP contribution in [0.4, 0.5) is 5.82 Å². The summed E-state index contributed by atoms with van der Waals surface area (Å²) in [5, 5.41) is 0. The van der Waals surface area contributed by atoms with Gasteiger partial charge in [-0.15, -0.1) is 0 Å².